The van der Waals surface area contributed by atoms with Crippen LogP contribution in [0.25, 0.3) is 0 Å². The van der Waals surface area contributed by atoms with Crippen molar-refractivity contribution in [2.24, 2.45) is 5.92 Å². The quantitative estimate of drug-likeness (QED) is 0.261. The number of hydrogen-bond acceptors (Lipinski definition) is 9. The summed E-state index contributed by atoms with van der Waals surface area (Å²) in [6.45, 7) is 1.32. The molecule has 12 nitrogen and oxygen atoms in total. The number of ether oxygens (including phenoxy) is 1. The van der Waals surface area contributed by atoms with Gasteiger partial charge in [-0.2, -0.15) is 0 Å². The normalized spacial score (nSPS) is 19.8. The second-order valence-corrected chi connectivity index (χ2v) is 9.48. The molecule has 1 atom stereocenters. The molecule has 196 valence electrons. The van der Waals surface area contributed by atoms with E-state index >= 15 is 0 Å². The van der Waals surface area contributed by atoms with Gasteiger partial charge in [-0.1, -0.05) is 6.07 Å². The van der Waals surface area contributed by atoms with Crippen LogP contribution in [0.5, 0.6) is 0 Å². The molecule has 12 heteroatoms. The first-order chi connectivity index (χ1) is 18.2. The maximum absolute atomic E-state index is 13.4. The van der Waals surface area contributed by atoms with E-state index in [-0.39, 0.29) is 47.7 Å². The monoisotopic (exact) mass is 520 g/mol. The molecule has 1 N–H and O–H groups in total. The summed E-state index contributed by atoms with van der Waals surface area (Å²) < 4.78 is 5.42. The number of hydrogen-bond donors (Lipinski definition) is 1. The Morgan fingerprint density at radius 1 is 1.00 bits per heavy atom. The van der Waals surface area contributed by atoms with Gasteiger partial charge in [0.15, 0.2) is 0 Å². The molecule has 38 heavy (non-hydrogen) atoms. The number of nitro groups is 1. The van der Waals surface area contributed by atoms with E-state index in [9.17, 15) is 34.1 Å². The Morgan fingerprint density at radius 2 is 1.71 bits per heavy atom. The molecule has 0 bridgehead atoms. The van der Waals surface area contributed by atoms with Gasteiger partial charge in [0.1, 0.15) is 6.04 Å². The first-order valence-corrected chi connectivity index (χ1v) is 12.3. The van der Waals surface area contributed by atoms with E-state index in [0.717, 1.165) is 4.90 Å². The minimum absolute atomic E-state index is 0.0545. The molecule has 0 radical (unpaired) electrons. The van der Waals surface area contributed by atoms with E-state index in [1.54, 1.807) is 18.2 Å². The van der Waals surface area contributed by atoms with E-state index in [1.807, 2.05) is 4.90 Å². The summed E-state index contributed by atoms with van der Waals surface area (Å²) in [6.07, 6.45) is 1.50. The highest BCUT2D eigenvalue weighted by molar-refractivity contribution is 6.25. The number of nitrogens with zero attached hydrogens (tertiary/aromatic N) is 3. The number of amides is 4. The number of carbonyl (C=O) groups is 5. The summed E-state index contributed by atoms with van der Waals surface area (Å²) in [5.41, 5.74) is 1.22. The van der Waals surface area contributed by atoms with Crippen LogP contribution in [0.2, 0.25) is 0 Å². The van der Waals surface area contributed by atoms with Crippen LogP contribution in [0.4, 0.5) is 11.4 Å². The van der Waals surface area contributed by atoms with E-state index < -0.39 is 40.6 Å². The van der Waals surface area contributed by atoms with Gasteiger partial charge >= 0.3 is 5.97 Å². The third-order valence-corrected chi connectivity index (χ3v) is 7.17. The Kier molecular flexibility index (Phi) is 6.62. The molecular weight excluding hydrogens is 496 g/mol. The van der Waals surface area contributed by atoms with E-state index in [1.165, 1.54) is 24.3 Å². The van der Waals surface area contributed by atoms with Gasteiger partial charge in [0.25, 0.3) is 17.5 Å². The molecule has 4 amide bonds. The largest absolute Gasteiger partial charge is 0.462 e. The molecule has 2 saturated heterocycles. The third-order valence-electron chi connectivity index (χ3n) is 7.17. The zero-order valence-corrected chi connectivity index (χ0v) is 20.3. The minimum atomic E-state index is -1.02. The van der Waals surface area contributed by atoms with Crippen molar-refractivity contribution in [3.63, 3.8) is 0 Å². The van der Waals surface area contributed by atoms with Crippen molar-refractivity contribution in [2.75, 3.05) is 24.6 Å². The molecule has 0 spiro atoms. The van der Waals surface area contributed by atoms with Gasteiger partial charge in [0.05, 0.1) is 33.9 Å². The second-order valence-electron chi connectivity index (χ2n) is 9.48. The number of non-ortho nitro benzene ring substituents is 1. The molecule has 2 aromatic carbocycles. The van der Waals surface area contributed by atoms with E-state index in [0.29, 0.717) is 31.6 Å². The SMILES string of the molecule is O=C1CCC(N2C(=O)c3cccc(N4CCC(COC(=O)c5ccc([N+](=O)[O-])cc5)CC4)c3C2=O)C(=O)N1. The highest BCUT2D eigenvalue weighted by atomic mass is 16.6. The Bertz CT molecular complexity index is 1350. The Labute approximate surface area is 216 Å². The van der Waals surface area contributed by atoms with Gasteiger partial charge in [0.2, 0.25) is 11.8 Å². The summed E-state index contributed by atoms with van der Waals surface area (Å²) in [6, 6.07) is 9.23. The molecule has 1 unspecified atom stereocenters. The molecule has 5 rings (SSSR count). The zero-order chi connectivity index (χ0) is 27.0. The van der Waals surface area contributed by atoms with Crippen LogP contribution in [0.3, 0.4) is 0 Å². The fourth-order valence-corrected chi connectivity index (χ4v) is 5.10. The number of anilines is 1. The number of nitro benzene ring substituents is 1. The lowest BCUT2D eigenvalue weighted by molar-refractivity contribution is -0.384. The van der Waals surface area contributed by atoms with Crippen LogP contribution in [-0.2, 0) is 14.3 Å². The number of nitrogens with one attached hydrogen (secondary N) is 1. The summed E-state index contributed by atoms with van der Waals surface area (Å²) in [5, 5.41) is 13.0. The molecular formula is C26H24N4O8. The van der Waals surface area contributed by atoms with Crippen LogP contribution in [0.15, 0.2) is 42.5 Å². The second kappa shape index (κ2) is 10.0. The average molecular weight is 520 g/mol. The van der Waals surface area contributed by atoms with Gasteiger partial charge in [-0.25, -0.2) is 4.79 Å². The lowest BCUT2D eigenvalue weighted by atomic mass is 9.96. The zero-order valence-electron chi connectivity index (χ0n) is 20.3. The summed E-state index contributed by atoms with van der Waals surface area (Å²) in [5.74, 6) is -2.64. The summed E-state index contributed by atoms with van der Waals surface area (Å²) >= 11 is 0. The van der Waals surface area contributed by atoms with Crippen molar-refractivity contribution in [1.82, 2.24) is 10.2 Å². The number of fused-ring (bicyclic) bond motifs is 1. The van der Waals surface area contributed by atoms with E-state index in [2.05, 4.69) is 5.32 Å². The molecule has 3 aliphatic heterocycles. The van der Waals surface area contributed by atoms with Crippen molar-refractivity contribution in [1.29, 1.82) is 0 Å². The van der Waals surface area contributed by atoms with Gasteiger partial charge in [-0.15, -0.1) is 0 Å². The average Bonchev–Trinajstić information content (AvgIpc) is 3.17. The summed E-state index contributed by atoms with van der Waals surface area (Å²) in [7, 11) is 0. The van der Waals surface area contributed by atoms with Gasteiger partial charge < -0.3 is 9.64 Å². The molecule has 3 aliphatic rings. The lowest BCUT2D eigenvalue weighted by Crippen LogP contribution is -2.54. The predicted molar refractivity (Wildman–Crippen MR) is 131 cm³/mol. The topological polar surface area (TPSA) is 156 Å². The first-order valence-electron chi connectivity index (χ1n) is 12.3. The first kappa shape index (κ1) is 25.1. The van der Waals surface area contributed by atoms with Crippen molar-refractivity contribution in [3.8, 4) is 0 Å². The lowest BCUT2D eigenvalue weighted by Gasteiger charge is -2.34. The third kappa shape index (κ3) is 4.60. The van der Waals surface area contributed by atoms with Gasteiger partial charge in [0, 0.05) is 31.6 Å². The van der Waals surface area contributed by atoms with Crippen molar-refractivity contribution in [3.05, 3.63) is 69.3 Å². The standard InChI is InChI=1S/C26H24N4O8/c31-21-9-8-20(23(32)27-21)29-24(33)18-2-1-3-19(22(18)25(29)34)28-12-10-15(11-13-28)14-38-26(35)16-4-6-17(7-5-16)30(36)37/h1-7,15,20H,8-14H2,(H,27,31,32). The number of imide groups is 2. The molecule has 3 heterocycles. The van der Waals surface area contributed by atoms with Crippen LogP contribution >= 0.6 is 0 Å². The molecule has 2 aromatic rings. The van der Waals surface area contributed by atoms with Crippen molar-refractivity contribution in [2.45, 2.75) is 31.7 Å². The maximum atomic E-state index is 13.4. The molecule has 0 saturated carbocycles. The summed E-state index contributed by atoms with van der Waals surface area (Å²) in [4.78, 5) is 75.8. The van der Waals surface area contributed by atoms with Crippen LogP contribution < -0.4 is 10.2 Å². The fraction of sp³-hybridized carbons (Fsp3) is 0.346. The molecule has 2 fully saturated rings. The number of esters is 1. The predicted octanol–water partition coefficient (Wildman–Crippen LogP) is 2.07. The number of benzene rings is 2. The van der Waals surface area contributed by atoms with Crippen molar-refractivity contribution < 1.29 is 33.6 Å². The van der Waals surface area contributed by atoms with Crippen LogP contribution in [-0.4, -0.2) is 65.2 Å². The molecule has 0 aromatic heterocycles. The number of rotatable bonds is 6. The number of carbonyl (C=O) groups excluding carboxylic acids is 5. The number of piperidine rings is 2. The Morgan fingerprint density at radius 3 is 2.37 bits per heavy atom. The van der Waals surface area contributed by atoms with Crippen molar-refractivity contribution >= 4 is 41.0 Å². The van der Waals surface area contributed by atoms with Gasteiger partial charge in [-0.05, 0) is 49.4 Å². The smallest absolute Gasteiger partial charge is 0.338 e. The van der Waals surface area contributed by atoms with Crippen LogP contribution in [0.1, 0.15) is 56.8 Å². The fourth-order valence-electron chi connectivity index (χ4n) is 5.10. The molecule has 0 aliphatic carbocycles. The van der Waals surface area contributed by atoms with E-state index in [4.69, 9.17) is 4.74 Å². The van der Waals surface area contributed by atoms with Crippen LogP contribution in [0, 0.1) is 16.0 Å². The highest BCUT2D eigenvalue weighted by Gasteiger charge is 2.46. The minimum Gasteiger partial charge on any atom is -0.462 e. The highest BCUT2D eigenvalue weighted by Crippen LogP contribution is 2.35. The Balaban J connectivity index is 1.21. The maximum Gasteiger partial charge on any atom is 0.338 e. The Hall–Kier alpha value is -4.61. The van der Waals surface area contributed by atoms with Gasteiger partial charge in [-0.3, -0.25) is 39.5 Å².